The lowest BCUT2D eigenvalue weighted by Gasteiger charge is -2.23. The number of alkyl halides is 3. The standard InChI is InChI=1S/C14H12F3NO2S/c1-18(7-9-4-5-21-8-9)12-3-2-10(13(19)20)6-11(12)14(15,16)17/h2-6,8H,7H2,1H3,(H,19,20). The number of nitrogens with zero attached hydrogens (tertiary/aromatic N) is 1. The number of anilines is 1. The number of hydrogen-bond acceptors (Lipinski definition) is 3. The summed E-state index contributed by atoms with van der Waals surface area (Å²) in [6.45, 7) is 0.318. The van der Waals surface area contributed by atoms with Gasteiger partial charge in [0.15, 0.2) is 0 Å². The number of aromatic carboxylic acids is 1. The zero-order chi connectivity index (χ0) is 15.6. The van der Waals surface area contributed by atoms with Gasteiger partial charge in [-0.15, -0.1) is 0 Å². The first-order chi connectivity index (χ1) is 9.79. The summed E-state index contributed by atoms with van der Waals surface area (Å²) in [5.41, 5.74) is -0.466. The summed E-state index contributed by atoms with van der Waals surface area (Å²) < 4.78 is 39.3. The van der Waals surface area contributed by atoms with Gasteiger partial charge in [0.05, 0.1) is 11.1 Å². The summed E-state index contributed by atoms with van der Waals surface area (Å²) >= 11 is 1.47. The molecule has 0 aliphatic heterocycles. The molecule has 0 bridgehead atoms. The molecule has 0 aliphatic rings. The zero-order valence-electron chi connectivity index (χ0n) is 11.0. The van der Waals surface area contributed by atoms with Gasteiger partial charge in [-0.2, -0.15) is 24.5 Å². The fraction of sp³-hybridized carbons (Fsp3) is 0.214. The van der Waals surface area contributed by atoms with Crippen LogP contribution in [0.3, 0.4) is 0 Å². The first kappa shape index (κ1) is 15.4. The average molecular weight is 315 g/mol. The van der Waals surface area contributed by atoms with Gasteiger partial charge in [-0.05, 0) is 40.6 Å². The van der Waals surface area contributed by atoms with E-state index in [0.717, 1.165) is 5.56 Å². The molecule has 1 heterocycles. The van der Waals surface area contributed by atoms with Crippen molar-refractivity contribution in [2.75, 3.05) is 11.9 Å². The van der Waals surface area contributed by atoms with Crippen LogP contribution in [-0.2, 0) is 12.7 Å². The van der Waals surface area contributed by atoms with Gasteiger partial charge >= 0.3 is 12.1 Å². The number of hydrogen-bond donors (Lipinski definition) is 1. The average Bonchev–Trinajstić information content (AvgIpc) is 2.89. The minimum Gasteiger partial charge on any atom is -0.478 e. The van der Waals surface area contributed by atoms with Crippen LogP contribution in [0.4, 0.5) is 18.9 Å². The van der Waals surface area contributed by atoms with Crippen molar-refractivity contribution in [2.45, 2.75) is 12.7 Å². The van der Waals surface area contributed by atoms with E-state index in [2.05, 4.69) is 0 Å². The molecule has 2 rings (SSSR count). The van der Waals surface area contributed by atoms with E-state index < -0.39 is 17.7 Å². The minimum absolute atomic E-state index is 0.0429. The molecule has 0 fully saturated rings. The van der Waals surface area contributed by atoms with Crippen molar-refractivity contribution in [3.05, 3.63) is 51.7 Å². The molecule has 0 aliphatic carbocycles. The first-order valence-corrected chi connectivity index (χ1v) is 6.90. The highest BCUT2D eigenvalue weighted by atomic mass is 32.1. The second kappa shape index (κ2) is 5.77. The summed E-state index contributed by atoms with van der Waals surface area (Å²) in [6, 6.07) is 4.87. The smallest absolute Gasteiger partial charge is 0.418 e. The Hall–Kier alpha value is -2.02. The summed E-state index contributed by atoms with van der Waals surface area (Å²) in [4.78, 5) is 12.3. The van der Waals surface area contributed by atoms with E-state index in [4.69, 9.17) is 5.11 Å². The maximum absolute atomic E-state index is 13.1. The third-order valence-electron chi connectivity index (χ3n) is 2.96. The molecule has 112 valence electrons. The molecule has 3 nitrogen and oxygen atoms in total. The van der Waals surface area contributed by atoms with Gasteiger partial charge < -0.3 is 10.0 Å². The Labute approximate surface area is 123 Å². The quantitative estimate of drug-likeness (QED) is 0.923. The maximum Gasteiger partial charge on any atom is 0.418 e. The van der Waals surface area contributed by atoms with Crippen LogP contribution >= 0.6 is 11.3 Å². The minimum atomic E-state index is -4.61. The Kier molecular flexibility index (Phi) is 4.22. The van der Waals surface area contributed by atoms with Gasteiger partial charge in [0, 0.05) is 19.3 Å². The highest BCUT2D eigenvalue weighted by Gasteiger charge is 2.35. The normalized spacial score (nSPS) is 11.4. The largest absolute Gasteiger partial charge is 0.478 e. The SMILES string of the molecule is CN(Cc1ccsc1)c1ccc(C(=O)O)cc1C(F)(F)F. The van der Waals surface area contributed by atoms with E-state index >= 15 is 0 Å². The molecule has 0 saturated heterocycles. The second-order valence-corrected chi connectivity index (χ2v) is 5.30. The van der Waals surface area contributed by atoms with E-state index in [0.29, 0.717) is 12.6 Å². The van der Waals surface area contributed by atoms with Crippen molar-refractivity contribution in [2.24, 2.45) is 0 Å². The number of carboxylic acids is 1. The number of thiophene rings is 1. The van der Waals surface area contributed by atoms with E-state index in [9.17, 15) is 18.0 Å². The highest BCUT2D eigenvalue weighted by molar-refractivity contribution is 7.07. The van der Waals surface area contributed by atoms with Gasteiger partial charge in [-0.1, -0.05) is 0 Å². The molecule has 1 aromatic carbocycles. The Balaban J connectivity index is 2.40. The lowest BCUT2D eigenvalue weighted by molar-refractivity contribution is -0.137. The molecule has 0 amide bonds. The number of carboxylic acid groups (broad SMARTS) is 1. The van der Waals surface area contributed by atoms with E-state index in [1.165, 1.54) is 28.4 Å². The molecule has 1 aromatic heterocycles. The summed E-state index contributed by atoms with van der Waals surface area (Å²) in [7, 11) is 1.54. The predicted octanol–water partition coefficient (Wildman–Crippen LogP) is 4.10. The topological polar surface area (TPSA) is 40.5 Å². The Morgan fingerprint density at radius 2 is 2.05 bits per heavy atom. The molecule has 7 heteroatoms. The fourth-order valence-corrected chi connectivity index (χ4v) is 2.63. The molecule has 2 aromatic rings. The molecule has 0 atom stereocenters. The van der Waals surface area contributed by atoms with Crippen molar-refractivity contribution < 1.29 is 23.1 Å². The Bertz CT molecular complexity index is 638. The van der Waals surface area contributed by atoms with Crippen molar-refractivity contribution in [3.63, 3.8) is 0 Å². The van der Waals surface area contributed by atoms with Crippen LogP contribution in [0, 0.1) is 0 Å². The number of rotatable bonds is 4. The Morgan fingerprint density at radius 3 is 2.57 bits per heavy atom. The van der Waals surface area contributed by atoms with Crippen LogP contribution in [0.25, 0.3) is 0 Å². The number of benzene rings is 1. The van der Waals surface area contributed by atoms with Gasteiger partial charge in [-0.3, -0.25) is 0 Å². The van der Waals surface area contributed by atoms with Crippen molar-refractivity contribution >= 4 is 23.0 Å². The predicted molar refractivity (Wildman–Crippen MR) is 74.8 cm³/mol. The van der Waals surface area contributed by atoms with Crippen LogP contribution in [0.1, 0.15) is 21.5 Å². The van der Waals surface area contributed by atoms with Gasteiger partial charge in [0.1, 0.15) is 0 Å². The van der Waals surface area contributed by atoms with Crippen LogP contribution in [-0.4, -0.2) is 18.1 Å². The summed E-state index contributed by atoms with van der Waals surface area (Å²) in [5.74, 6) is -1.38. The molecule has 21 heavy (non-hydrogen) atoms. The van der Waals surface area contributed by atoms with E-state index in [1.54, 1.807) is 7.05 Å². The lowest BCUT2D eigenvalue weighted by atomic mass is 10.1. The van der Waals surface area contributed by atoms with Gasteiger partial charge in [-0.25, -0.2) is 4.79 Å². The number of halogens is 3. The Morgan fingerprint density at radius 1 is 1.33 bits per heavy atom. The number of carbonyl (C=O) groups is 1. The van der Waals surface area contributed by atoms with Crippen molar-refractivity contribution in [1.29, 1.82) is 0 Å². The third-order valence-corrected chi connectivity index (χ3v) is 3.69. The monoisotopic (exact) mass is 315 g/mol. The van der Waals surface area contributed by atoms with Crippen LogP contribution in [0.5, 0.6) is 0 Å². The van der Waals surface area contributed by atoms with E-state index in [1.807, 2.05) is 16.8 Å². The van der Waals surface area contributed by atoms with Gasteiger partial charge in [0.25, 0.3) is 0 Å². The van der Waals surface area contributed by atoms with E-state index in [-0.39, 0.29) is 11.3 Å². The highest BCUT2D eigenvalue weighted by Crippen LogP contribution is 2.37. The molecule has 0 saturated carbocycles. The van der Waals surface area contributed by atoms with Crippen LogP contribution < -0.4 is 4.90 Å². The third kappa shape index (κ3) is 3.55. The molecular weight excluding hydrogens is 303 g/mol. The molecule has 0 radical (unpaired) electrons. The lowest BCUT2D eigenvalue weighted by Crippen LogP contribution is -2.21. The second-order valence-electron chi connectivity index (χ2n) is 4.52. The molecular formula is C14H12F3NO2S. The van der Waals surface area contributed by atoms with Gasteiger partial charge in [0.2, 0.25) is 0 Å². The molecule has 0 unspecified atom stereocenters. The maximum atomic E-state index is 13.1. The van der Waals surface area contributed by atoms with Crippen LogP contribution in [0.2, 0.25) is 0 Å². The van der Waals surface area contributed by atoms with Crippen molar-refractivity contribution in [1.82, 2.24) is 0 Å². The zero-order valence-corrected chi connectivity index (χ0v) is 11.8. The summed E-state index contributed by atoms with van der Waals surface area (Å²) in [6.07, 6.45) is -4.61. The first-order valence-electron chi connectivity index (χ1n) is 5.96. The molecule has 0 spiro atoms. The summed E-state index contributed by atoms with van der Waals surface area (Å²) in [5, 5.41) is 12.5. The fourth-order valence-electron chi connectivity index (χ4n) is 1.97. The van der Waals surface area contributed by atoms with Crippen LogP contribution in [0.15, 0.2) is 35.0 Å². The van der Waals surface area contributed by atoms with Crippen molar-refractivity contribution in [3.8, 4) is 0 Å². The molecule has 1 N–H and O–H groups in total.